The Morgan fingerprint density at radius 2 is 2.17 bits per heavy atom. The molecule has 1 aromatic heterocycles. The molecule has 2 aliphatic heterocycles. The number of ether oxygens (including phenoxy) is 3. The van der Waals surface area contributed by atoms with Crippen LogP contribution in [-0.4, -0.2) is 30.7 Å². The van der Waals surface area contributed by atoms with Gasteiger partial charge in [0, 0.05) is 54.0 Å². The van der Waals surface area contributed by atoms with Crippen LogP contribution < -0.4 is 10.1 Å². The molecule has 2 aliphatic rings. The number of hydrogen-bond acceptors (Lipinski definition) is 5. The zero-order chi connectivity index (χ0) is 20.5. The minimum Gasteiger partial charge on any atom is -0.497 e. The summed E-state index contributed by atoms with van der Waals surface area (Å²) in [6.07, 6.45) is 4.68. The number of aromatic nitrogens is 1. The van der Waals surface area contributed by atoms with Crippen molar-refractivity contribution >= 4 is 16.9 Å². The van der Waals surface area contributed by atoms with E-state index in [0.29, 0.717) is 5.76 Å². The van der Waals surface area contributed by atoms with Gasteiger partial charge in [-0.3, -0.25) is 4.79 Å². The van der Waals surface area contributed by atoms with Gasteiger partial charge in [-0.25, -0.2) is 0 Å². The summed E-state index contributed by atoms with van der Waals surface area (Å²) < 4.78 is 16.6. The van der Waals surface area contributed by atoms with E-state index in [1.807, 2.05) is 6.07 Å². The van der Waals surface area contributed by atoms with E-state index in [1.165, 1.54) is 23.6 Å². The van der Waals surface area contributed by atoms with Gasteiger partial charge in [-0.15, -0.1) is 0 Å². The van der Waals surface area contributed by atoms with Gasteiger partial charge >= 0.3 is 5.97 Å². The lowest BCUT2D eigenvalue weighted by molar-refractivity contribution is -0.140. The number of nitrogens with one attached hydrogen (secondary N) is 2. The molecule has 1 aromatic carbocycles. The summed E-state index contributed by atoms with van der Waals surface area (Å²) in [6.45, 7) is 6.55. The fourth-order valence-electron chi connectivity index (χ4n) is 4.80. The molecule has 0 saturated carbocycles. The third-order valence-electron chi connectivity index (χ3n) is 6.23. The van der Waals surface area contributed by atoms with Gasteiger partial charge in [-0.2, -0.15) is 0 Å². The van der Waals surface area contributed by atoms with Crippen LogP contribution in [-0.2, 0) is 20.7 Å². The van der Waals surface area contributed by atoms with E-state index in [1.54, 1.807) is 13.4 Å². The molecule has 6 heteroatoms. The highest BCUT2D eigenvalue weighted by Gasteiger charge is 2.41. The highest BCUT2D eigenvalue weighted by molar-refractivity contribution is 5.86. The first kappa shape index (κ1) is 19.8. The number of H-pyrrole nitrogens is 1. The Balaban J connectivity index is 1.69. The number of carbonyl (C=O) groups is 1. The summed E-state index contributed by atoms with van der Waals surface area (Å²) >= 11 is 0. The molecule has 0 spiro atoms. The van der Waals surface area contributed by atoms with E-state index in [4.69, 9.17) is 14.2 Å². The smallest absolute Gasteiger partial charge is 0.307 e. The van der Waals surface area contributed by atoms with E-state index in [0.717, 1.165) is 37.1 Å². The summed E-state index contributed by atoms with van der Waals surface area (Å²) in [6, 6.07) is 6.39. The highest BCUT2D eigenvalue weighted by atomic mass is 16.6. The van der Waals surface area contributed by atoms with E-state index >= 15 is 0 Å². The Hall–Kier alpha value is -2.47. The lowest BCUT2D eigenvalue weighted by Gasteiger charge is -2.42. The van der Waals surface area contributed by atoms with Crippen molar-refractivity contribution in [3.8, 4) is 5.75 Å². The summed E-state index contributed by atoms with van der Waals surface area (Å²) in [5, 5.41) is 4.97. The molecule has 0 radical (unpaired) electrons. The van der Waals surface area contributed by atoms with Crippen LogP contribution in [0.15, 0.2) is 30.2 Å². The largest absolute Gasteiger partial charge is 0.497 e. The lowest BCUT2D eigenvalue weighted by Crippen LogP contribution is -2.47. The Labute approximate surface area is 171 Å². The topological polar surface area (TPSA) is 72.6 Å². The van der Waals surface area contributed by atoms with Gasteiger partial charge in [-0.1, -0.05) is 13.3 Å². The van der Waals surface area contributed by atoms with Gasteiger partial charge in [0.25, 0.3) is 0 Å². The van der Waals surface area contributed by atoms with Crippen molar-refractivity contribution in [1.82, 2.24) is 10.3 Å². The van der Waals surface area contributed by atoms with E-state index in [9.17, 15) is 4.79 Å². The molecule has 3 heterocycles. The SMILES string of the molecule is CCCc1c(C2CC3C(OC(C)=O)=CO[C@@H](C)C3CN2)[nH]c2cc(OC)ccc12. The van der Waals surface area contributed by atoms with Crippen LogP contribution in [0.3, 0.4) is 0 Å². The number of carbonyl (C=O) groups excluding carboxylic acids is 1. The molecule has 2 N–H and O–H groups in total. The number of aryl methyl sites for hydroxylation is 1. The van der Waals surface area contributed by atoms with Crippen LogP contribution in [0.1, 0.15) is 50.9 Å². The van der Waals surface area contributed by atoms with Gasteiger partial charge in [0.15, 0.2) is 0 Å². The number of fused-ring (bicyclic) bond motifs is 2. The Morgan fingerprint density at radius 1 is 1.34 bits per heavy atom. The third kappa shape index (κ3) is 3.73. The van der Waals surface area contributed by atoms with E-state index in [-0.39, 0.29) is 30.0 Å². The molecule has 6 nitrogen and oxygen atoms in total. The van der Waals surface area contributed by atoms with Crippen molar-refractivity contribution in [3.05, 3.63) is 41.5 Å². The van der Waals surface area contributed by atoms with Crippen LogP contribution in [0.25, 0.3) is 10.9 Å². The second-order valence-electron chi connectivity index (χ2n) is 8.10. The minimum atomic E-state index is -0.299. The number of aromatic amines is 1. The van der Waals surface area contributed by atoms with Crippen molar-refractivity contribution in [2.45, 2.75) is 52.2 Å². The first-order chi connectivity index (χ1) is 14.0. The van der Waals surface area contributed by atoms with Gasteiger partial charge in [0.2, 0.25) is 0 Å². The zero-order valence-corrected chi connectivity index (χ0v) is 17.6. The zero-order valence-electron chi connectivity index (χ0n) is 17.6. The number of esters is 1. The molecule has 1 saturated heterocycles. The molecule has 156 valence electrons. The average molecular weight is 399 g/mol. The van der Waals surface area contributed by atoms with Crippen LogP contribution >= 0.6 is 0 Å². The number of rotatable bonds is 5. The molecular weight excluding hydrogens is 368 g/mol. The monoisotopic (exact) mass is 398 g/mol. The Kier molecular flexibility index (Phi) is 5.54. The number of piperidine rings is 1. The van der Waals surface area contributed by atoms with Crippen LogP contribution in [0.4, 0.5) is 0 Å². The number of hydrogen-bond donors (Lipinski definition) is 2. The molecule has 4 rings (SSSR count). The predicted octanol–water partition coefficient (Wildman–Crippen LogP) is 4.22. The maximum absolute atomic E-state index is 11.6. The molecule has 4 atom stereocenters. The van der Waals surface area contributed by atoms with Crippen molar-refractivity contribution in [1.29, 1.82) is 0 Å². The first-order valence-electron chi connectivity index (χ1n) is 10.5. The van der Waals surface area contributed by atoms with Gasteiger partial charge < -0.3 is 24.5 Å². The number of allylic oxidation sites excluding steroid dienone is 1. The lowest BCUT2D eigenvalue weighted by atomic mass is 9.77. The fourth-order valence-corrected chi connectivity index (χ4v) is 4.80. The molecule has 2 aromatic rings. The maximum Gasteiger partial charge on any atom is 0.307 e. The number of methoxy groups -OCH3 is 1. The molecule has 0 amide bonds. The Morgan fingerprint density at radius 3 is 2.90 bits per heavy atom. The maximum atomic E-state index is 11.6. The molecule has 0 aliphatic carbocycles. The molecular formula is C23H30N2O4. The van der Waals surface area contributed by atoms with Crippen molar-refractivity contribution < 1.29 is 19.0 Å². The predicted molar refractivity (Wildman–Crippen MR) is 112 cm³/mol. The standard InChI is InChI=1S/C23H30N2O4/c1-5-6-17-16-8-7-15(27-4)9-20(16)25-23(17)21-10-18-19(11-24-21)13(2)28-12-22(18)29-14(3)26/h7-9,12-13,18-19,21,24-25H,5-6,10-11H2,1-4H3/t13-,18?,19?,21?/m0/s1. The molecule has 1 fully saturated rings. The van der Waals surface area contributed by atoms with Crippen LogP contribution in [0.5, 0.6) is 5.75 Å². The third-order valence-corrected chi connectivity index (χ3v) is 6.23. The van der Waals surface area contributed by atoms with Crippen LogP contribution in [0, 0.1) is 11.8 Å². The summed E-state index contributed by atoms with van der Waals surface area (Å²) in [5.41, 5.74) is 3.69. The van der Waals surface area contributed by atoms with E-state index < -0.39 is 0 Å². The first-order valence-corrected chi connectivity index (χ1v) is 10.5. The Bertz CT molecular complexity index is 932. The fraction of sp³-hybridized carbons (Fsp3) is 0.522. The minimum absolute atomic E-state index is 0.0924. The van der Waals surface area contributed by atoms with Crippen molar-refractivity contribution in [2.24, 2.45) is 11.8 Å². The highest BCUT2D eigenvalue weighted by Crippen LogP contribution is 2.42. The molecule has 0 bridgehead atoms. The van der Waals surface area contributed by atoms with Gasteiger partial charge in [-0.05, 0) is 37.5 Å². The van der Waals surface area contributed by atoms with Gasteiger partial charge in [0.1, 0.15) is 17.8 Å². The van der Waals surface area contributed by atoms with Crippen LogP contribution in [0.2, 0.25) is 0 Å². The second kappa shape index (κ2) is 8.11. The van der Waals surface area contributed by atoms with Gasteiger partial charge in [0.05, 0.1) is 13.2 Å². The number of benzene rings is 1. The summed E-state index contributed by atoms with van der Waals surface area (Å²) in [5.74, 6) is 1.65. The second-order valence-corrected chi connectivity index (χ2v) is 8.10. The molecule has 3 unspecified atom stereocenters. The summed E-state index contributed by atoms with van der Waals surface area (Å²) in [7, 11) is 1.69. The average Bonchev–Trinajstić information content (AvgIpc) is 3.07. The normalized spacial score (nSPS) is 26.4. The quantitative estimate of drug-likeness (QED) is 0.738. The van der Waals surface area contributed by atoms with E-state index in [2.05, 4.69) is 36.3 Å². The van der Waals surface area contributed by atoms with Crippen molar-refractivity contribution in [3.63, 3.8) is 0 Å². The molecule has 29 heavy (non-hydrogen) atoms. The van der Waals surface area contributed by atoms with Crippen molar-refractivity contribution in [2.75, 3.05) is 13.7 Å². The summed E-state index contributed by atoms with van der Waals surface area (Å²) in [4.78, 5) is 15.2.